The monoisotopic (exact) mass is 304 g/mol. The highest BCUT2D eigenvalue weighted by Crippen LogP contribution is 2.28. The van der Waals surface area contributed by atoms with Crippen molar-refractivity contribution in [3.8, 4) is 11.5 Å². The van der Waals surface area contributed by atoms with Crippen LogP contribution >= 0.6 is 27.7 Å². The molecule has 0 fully saturated rings. The summed E-state index contributed by atoms with van der Waals surface area (Å²) in [6.45, 7) is 2.87. The van der Waals surface area contributed by atoms with Gasteiger partial charge in [0.05, 0.1) is 13.7 Å². The Hall–Kier alpha value is -0.350. The summed E-state index contributed by atoms with van der Waals surface area (Å²) in [6.07, 6.45) is 0. The van der Waals surface area contributed by atoms with Gasteiger partial charge in [-0.3, -0.25) is 0 Å². The number of halogens is 1. The normalized spacial score (nSPS) is 10.2. The lowest BCUT2D eigenvalue weighted by Crippen LogP contribution is -2.02. The molecule has 0 radical (unpaired) electrons. The van der Waals surface area contributed by atoms with Crippen LogP contribution in [0.2, 0.25) is 0 Å². The molecule has 2 nitrogen and oxygen atoms in total. The highest BCUT2D eigenvalue weighted by atomic mass is 79.9. The van der Waals surface area contributed by atoms with Crippen LogP contribution in [0.5, 0.6) is 11.5 Å². The zero-order valence-corrected chi connectivity index (χ0v) is 12.1. The smallest absolute Gasteiger partial charge is 0.161 e. The quantitative estimate of drug-likeness (QED) is 0.565. The molecule has 90 valence electrons. The SMILES string of the molecule is CCSCCOc1cc(CBr)ccc1OC. The average Bonchev–Trinajstić information content (AvgIpc) is 2.34. The molecule has 4 heteroatoms. The minimum Gasteiger partial charge on any atom is -0.493 e. The molecule has 0 spiro atoms. The van der Waals surface area contributed by atoms with Gasteiger partial charge in [-0.25, -0.2) is 0 Å². The summed E-state index contributed by atoms with van der Waals surface area (Å²) in [7, 11) is 1.66. The Kier molecular flexibility index (Phi) is 6.73. The molecule has 0 heterocycles. The van der Waals surface area contributed by atoms with Crippen molar-refractivity contribution in [3.63, 3.8) is 0 Å². The first-order valence-corrected chi connectivity index (χ1v) is 7.52. The number of hydrogen-bond donors (Lipinski definition) is 0. The fraction of sp³-hybridized carbons (Fsp3) is 0.500. The second-order valence-electron chi connectivity index (χ2n) is 3.16. The second kappa shape index (κ2) is 7.85. The van der Waals surface area contributed by atoms with Gasteiger partial charge in [-0.15, -0.1) is 0 Å². The van der Waals surface area contributed by atoms with Crippen LogP contribution < -0.4 is 9.47 Å². The Morgan fingerprint density at radius 3 is 2.75 bits per heavy atom. The van der Waals surface area contributed by atoms with E-state index in [1.54, 1.807) is 7.11 Å². The van der Waals surface area contributed by atoms with E-state index in [4.69, 9.17) is 9.47 Å². The number of benzene rings is 1. The molecule has 0 unspecified atom stereocenters. The van der Waals surface area contributed by atoms with Gasteiger partial charge in [0.15, 0.2) is 11.5 Å². The van der Waals surface area contributed by atoms with Crippen LogP contribution in [0.4, 0.5) is 0 Å². The van der Waals surface area contributed by atoms with Crippen molar-refractivity contribution in [1.29, 1.82) is 0 Å². The second-order valence-corrected chi connectivity index (χ2v) is 5.12. The van der Waals surface area contributed by atoms with E-state index in [0.29, 0.717) is 0 Å². The number of hydrogen-bond acceptors (Lipinski definition) is 3. The van der Waals surface area contributed by atoms with Crippen LogP contribution in [-0.4, -0.2) is 25.2 Å². The third kappa shape index (κ3) is 4.26. The van der Waals surface area contributed by atoms with Gasteiger partial charge in [-0.1, -0.05) is 28.9 Å². The molecule has 0 aromatic heterocycles. The molecule has 0 saturated carbocycles. The Labute approximate surface area is 110 Å². The van der Waals surface area contributed by atoms with Crippen LogP contribution in [0.15, 0.2) is 18.2 Å². The van der Waals surface area contributed by atoms with E-state index in [9.17, 15) is 0 Å². The van der Waals surface area contributed by atoms with Crippen molar-refractivity contribution in [2.45, 2.75) is 12.3 Å². The molecule has 1 aromatic carbocycles. The zero-order valence-electron chi connectivity index (χ0n) is 9.66. The Morgan fingerprint density at radius 1 is 1.31 bits per heavy atom. The summed E-state index contributed by atoms with van der Waals surface area (Å²) >= 11 is 5.31. The molecule has 1 rings (SSSR count). The fourth-order valence-corrected chi connectivity index (χ4v) is 2.11. The van der Waals surface area contributed by atoms with Crippen molar-refractivity contribution in [1.82, 2.24) is 0 Å². The molecule has 16 heavy (non-hydrogen) atoms. The maximum absolute atomic E-state index is 5.71. The lowest BCUT2D eigenvalue weighted by molar-refractivity contribution is 0.313. The average molecular weight is 305 g/mol. The van der Waals surface area contributed by atoms with Gasteiger partial charge in [-0.05, 0) is 23.4 Å². The maximum Gasteiger partial charge on any atom is 0.161 e. The van der Waals surface area contributed by atoms with E-state index in [2.05, 4.69) is 22.9 Å². The largest absolute Gasteiger partial charge is 0.493 e. The summed E-state index contributed by atoms with van der Waals surface area (Å²) < 4.78 is 11.0. The van der Waals surface area contributed by atoms with Crippen LogP contribution in [-0.2, 0) is 5.33 Å². The number of rotatable bonds is 7. The lowest BCUT2D eigenvalue weighted by Gasteiger charge is -2.11. The van der Waals surface area contributed by atoms with Crippen molar-refractivity contribution in [2.24, 2.45) is 0 Å². The molecule has 0 N–H and O–H groups in total. The third-order valence-corrected chi connectivity index (χ3v) is 3.58. The highest BCUT2D eigenvalue weighted by Gasteiger charge is 2.05. The predicted molar refractivity (Wildman–Crippen MR) is 74.1 cm³/mol. The van der Waals surface area contributed by atoms with Gasteiger partial charge in [0.1, 0.15) is 0 Å². The maximum atomic E-state index is 5.71. The van der Waals surface area contributed by atoms with Crippen molar-refractivity contribution < 1.29 is 9.47 Å². The fourth-order valence-electron chi connectivity index (χ4n) is 1.27. The first-order valence-electron chi connectivity index (χ1n) is 5.25. The van der Waals surface area contributed by atoms with Crippen LogP contribution in [0.3, 0.4) is 0 Å². The number of alkyl halides is 1. The lowest BCUT2D eigenvalue weighted by atomic mass is 10.2. The van der Waals surface area contributed by atoms with Crippen molar-refractivity contribution in [2.75, 3.05) is 25.2 Å². The molecule has 0 aliphatic heterocycles. The molecule has 0 aliphatic rings. The number of ether oxygens (including phenoxy) is 2. The van der Waals surface area contributed by atoms with E-state index < -0.39 is 0 Å². The van der Waals surface area contributed by atoms with Gasteiger partial charge in [0.25, 0.3) is 0 Å². The van der Waals surface area contributed by atoms with E-state index in [1.165, 1.54) is 5.56 Å². The van der Waals surface area contributed by atoms with Crippen LogP contribution in [0.1, 0.15) is 12.5 Å². The summed E-state index contributed by atoms with van der Waals surface area (Å²) in [5, 5.41) is 0.830. The Morgan fingerprint density at radius 2 is 2.12 bits per heavy atom. The Bertz CT molecular complexity index is 318. The highest BCUT2D eigenvalue weighted by molar-refractivity contribution is 9.08. The van der Waals surface area contributed by atoms with E-state index in [0.717, 1.165) is 34.9 Å². The van der Waals surface area contributed by atoms with E-state index >= 15 is 0 Å². The minimum absolute atomic E-state index is 0.723. The van der Waals surface area contributed by atoms with E-state index in [-0.39, 0.29) is 0 Å². The van der Waals surface area contributed by atoms with Crippen molar-refractivity contribution in [3.05, 3.63) is 23.8 Å². The predicted octanol–water partition coefficient (Wildman–Crippen LogP) is 3.72. The first kappa shape index (κ1) is 13.7. The van der Waals surface area contributed by atoms with Crippen LogP contribution in [0, 0.1) is 0 Å². The van der Waals surface area contributed by atoms with Gasteiger partial charge < -0.3 is 9.47 Å². The topological polar surface area (TPSA) is 18.5 Å². The summed E-state index contributed by atoms with van der Waals surface area (Å²) in [4.78, 5) is 0. The molecular weight excluding hydrogens is 288 g/mol. The summed E-state index contributed by atoms with van der Waals surface area (Å²) in [5.74, 6) is 3.77. The molecule has 0 atom stereocenters. The standard InChI is InChI=1S/C12H17BrO2S/c1-3-16-7-6-15-12-8-10(9-13)4-5-11(12)14-2/h4-5,8H,3,6-7,9H2,1-2H3. The van der Waals surface area contributed by atoms with Gasteiger partial charge >= 0.3 is 0 Å². The number of thioether (sulfide) groups is 1. The molecule has 0 amide bonds. The molecular formula is C12H17BrO2S. The molecule has 0 aliphatic carbocycles. The first-order chi connectivity index (χ1) is 7.81. The van der Waals surface area contributed by atoms with Gasteiger partial charge in [0, 0.05) is 11.1 Å². The minimum atomic E-state index is 0.723. The zero-order chi connectivity index (χ0) is 11.8. The summed E-state index contributed by atoms with van der Waals surface area (Å²) in [5.41, 5.74) is 1.19. The Balaban J connectivity index is 2.60. The molecule has 1 aromatic rings. The van der Waals surface area contributed by atoms with E-state index in [1.807, 2.05) is 30.0 Å². The van der Waals surface area contributed by atoms with Crippen molar-refractivity contribution >= 4 is 27.7 Å². The molecule has 0 saturated heterocycles. The van der Waals surface area contributed by atoms with Gasteiger partial charge in [0.2, 0.25) is 0 Å². The third-order valence-electron chi connectivity index (χ3n) is 2.07. The molecule has 0 bridgehead atoms. The van der Waals surface area contributed by atoms with Gasteiger partial charge in [-0.2, -0.15) is 11.8 Å². The van der Waals surface area contributed by atoms with Crippen LogP contribution in [0.25, 0.3) is 0 Å². The number of methoxy groups -OCH3 is 1. The summed E-state index contributed by atoms with van der Waals surface area (Å²) in [6, 6.07) is 5.99.